The van der Waals surface area contributed by atoms with E-state index < -0.39 is 10.0 Å². The standard InChI is InChI=1S/C26H24BrNO5S.C5H12BO.2C2H6/c1-3-32-26(29)16-20-6-4-5-7-25(20)33-17-19-14-23(27)22-12-13-28(24(22)15-19)34(30,31)21-10-8-18(2)9-11-21;1-5(2,3)7-6-4;2*1-2/h4-15H,3,16-17H2,1-2H3;1-4H3;2*1-2H3. The van der Waals surface area contributed by atoms with Crippen molar-refractivity contribution in [3.8, 4) is 5.75 Å². The lowest BCUT2D eigenvalue weighted by atomic mass is 10.0. The molecular formula is C35H48BBrNO6S. The van der Waals surface area contributed by atoms with Gasteiger partial charge in [-0.1, -0.05) is 86.3 Å². The molecule has 0 amide bonds. The van der Waals surface area contributed by atoms with Crippen LogP contribution < -0.4 is 4.74 Å². The number of nitrogens with zero attached hydrogens (tertiary/aromatic N) is 1. The van der Waals surface area contributed by atoms with Crippen molar-refractivity contribution in [1.29, 1.82) is 0 Å². The Morgan fingerprint density at radius 2 is 1.58 bits per heavy atom. The van der Waals surface area contributed by atoms with Gasteiger partial charge in [-0.25, -0.2) is 12.4 Å². The number of benzene rings is 3. The summed E-state index contributed by atoms with van der Waals surface area (Å²) in [6.45, 7) is 20.1. The van der Waals surface area contributed by atoms with Gasteiger partial charge in [-0.2, -0.15) is 0 Å². The molecule has 0 fully saturated rings. The Bertz CT molecular complexity index is 1580. The van der Waals surface area contributed by atoms with Crippen LogP contribution in [-0.2, 0) is 37.2 Å². The smallest absolute Gasteiger partial charge is 0.310 e. The van der Waals surface area contributed by atoms with Crippen molar-refractivity contribution < 1.29 is 27.3 Å². The van der Waals surface area contributed by atoms with Gasteiger partial charge >= 0.3 is 5.97 Å². The van der Waals surface area contributed by atoms with Gasteiger partial charge in [0.2, 0.25) is 0 Å². The number of hydrogen-bond acceptors (Lipinski definition) is 6. The van der Waals surface area contributed by atoms with Crippen LogP contribution in [0.4, 0.5) is 0 Å². The molecule has 4 aromatic rings. The van der Waals surface area contributed by atoms with Gasteiger partial charge in [0.15, 0.2) is 0 Å². The van der Waals surface area contributed by atoms with E-state index in [9.17, 15) is 13.2 Å². The first-order valence-electron chi connectivity index (χ1n) is 15.3. The van der Waals surface area contributed by atoms with Crippen molar-refractivity contribution in [3.63, 3.8) is 0 Å². The molecule has 0 atom stereocenters. The molecule has 45 heavy (non-hydrogen) atoms. The number of ether oxygens (including phenoxy) is 2. The normalized spacial score (nSPS) is 10.7. The monoisotopic (exact) mass is 700 g/mol. The van der Waals surface area contributed by atoms with Crippen molar-refractivity contribution in [3.05, 3.63) is 94.1 Å². The first-order valence-corrected chi connectivity index (χ1v) is 17.5. The molecule has 0 saturated carbocycles. The number of halogens is 1. The van der Waals surface area contributed by atoms with Gasteiger partial charge in [0, 0.05) is 27.2 Å². The van der Waals surface area contributed by atoms with Crippen LogP contribution in [0.1, 0.15) is 72.1 Å². The maximum absolute atomic E-state index is 13.3. The highest BCUT2D eigenvalue weighted by atomic mass is 79.9. The molecule has 0 aliphatic rings. The molecule has 0 saturated heterocycles. The summed E-state index contributed by atoms with van der Waals surface area (Å²) in [4.78, 5) is 12.1. The third kappa shape index (κ3) is 12.3. The van der Waals surface area contributed by atoms with Crippen molar-refractivity contribution in [2.75, 3.05) is 6.61 Å². The highest BCUT2D eigenvalue weighted by molar-refractivity contribution is 9.10. The fraction of sp³-hybridized carbons (Fsp3) is 0.400. The van der Waals surface area contributed by atoms with E-state index in [0.29, 0.717) is 17.9 Å². The zero-order chi connectivity index (χ0) is 34.2. The summed E-state index contributed by atoms with van der Waals surface area (Å²) >= 11 is 3.56. The molecule has 1 aromatic heterocycles. The average molecular weight is 702 g/mol. The Morgan fingerprint density at radius 3 is 2.13 bits per heavy atom. The predicted molar refractivity (Wildman–Crippen MR) is 190 cm³/mol. The van der Waals surface area contributed by atoms with E-state index in [1.54, 1.807) is 63.1 Å². The second-order valence-electron chi connectivity index (χ2n) is 10.3. The first-order chi connectivity index (χ1) is 21.4. The molecule has 0 N–H and O–H groups in total. The van der Waals surface area contributed by atoms with Crippen LogP contribution in [0, 0.1) is 6.92 Å². The Labute approximate surface area is 279 Å². The second-order valence-corrected chi connectivity index (χ2v) is 13.0. The largest absolute Gasteiger partial charge is 0.489 e. The zero-order valence-electron chi connectivity index (χ0n) is 28.3. The summed E-state index contributed by atoms with van der Waals surface area (Å²) in [7, 11) is -2.05. The number of aryl methyl sites for hydroxylation is 1. The fourth-order valence-corrected chi connectivity index (χ4v) is 5.98. The Balaban J connectivity index is 0.000000803. The number of rotatable bonds is 9. The number of esters is 1. The minimum absolute atomic E-state index is 0.00521. The predicted octanol–water partition coefficient (Wildman–Crippen LogP) is 9.16. The molecule has 10 heteroatoms. The number of carbonyl (C=O) groups is 1. The van der Waals surface area contributed by atoms with Gasteiger partial charge in [0.25, 0.3) is 17.5 Å². The lowest BCUT2D eigenvalue weighted by Crippen LogP contribution is -2.19. The Hall–Kier alpha value is -3.08. The van der Waals surface area contributed by atoms with Crippen LogP contribution in [-0.4, -0.2) is 38.0 Å². The van der Waals surface area contributed by atoms with E-state index in [1.807, 2.05) is 86.5 Å². The van der Waals surface area contributed by atoms with Crippen LogP contribution >= 0.6 is 15.9 Å². The highest BCUT2D eigenvalue weighted by Gasteiger charge is 2.20. The van der Waals surface area contributed by atoms with Crippen LogP contribution in [0.15, 0.2) is 82.3 Å². The maximum atomic E-state index is 13.3. The van der Waals surface area contributed by atoms with E-state index in [2.05, 4.69) is 15.9 Å². The Morgan fingerprint density at radius 1 is 0.956 bits per heavy atom. The van der Waals surface area contributed by atoms with Gasteiger partial charge < -0.3 is 14.1 Å². The zero-order valence-corrected chi connectivity index (χ0v) is 30.7. The molecule has 0 unspecified atom stereocenters. The lowest BCUT2D eigenvalue weighted by molar-refractivity contribution is -0.142. The van der Waals surface area contributed by atoms with Gasteiger partial charge in [-0.05, 0) is 76.6 Å². The SMILES string of the molecule is CC.CC.CCOC(=O)Cc1ccccc1OCc1cc(Br)c2ccn(S(=O)(=O)c3ccc(C)cc3)c2c1.C[B]OC(C)(C)C. The summed E-state index contributed by atoms with van der Waals surface area (Å²) in [5, 5.41) is 0.780. The van der Waals surface area contributed by atoms with Gasteiger partial charge in [-0.3, -0.25) is 4.79 Å². The third-order valence-electron chi connectivity index (χ3n) is 5.84. The van der Waals surface area contributed by atoms with E-state index in [-0.39, 0.29) is 29.5 Å². The third-order valence-corrected chi connectivity index (χ3v) is 8.20. The lowest BCUT2D eigenvalue weighted by Gasteiger charge is -2.17. The van der Waals surface area contributed by atoms with Crippen molar-refractivity contribution >= 4 is 50.3 Å². The van der Waals surface area contributed by atoms with Crippen molar-refractivity contribution in [2.24, 2.45) is 0 Å². The number of fused-ring (bicyclic) bond motifs is 1. The average Bonchev–Trinajstić information content (AvgIpc) is 3.45. The van der Waals surface area contributed by atoms with Crippen LogP contribution in [0.2, 0.25) is 6.82 Å². The molecule has 3 aromatic carbocycles. The molecule has 7 nitrogen and oxygen atoms in total. The summed E-state index contributed by atoms with van der Waals surface area (Å²) in [6, 6.07) is 19.6. The van der Waals surface area contributed by atoms with Crippen LogP contribution in [0.3, 0.4) is 0 Å². The number of para-hydroxylation sites is 1. The van der Waals surface area contributed by atoms with Gasteiger partial charge in [0.05, 0.1) is 23.4 Å². The summed E-state index contributed by atoms with van der Waals surface area (Å²) < 4.78 is 44.8. The van der Waals surface area contributed by atoms with Gasteiger partial charge in [-0.15, -0.1) is 0 Å². The minimum atomic E-state index is -3.76. The summed E-state index contributed by atoms with van der Waals surface area (Å²) in [5.41, 5.74) is 3.04. The molecule has 0 aliphatic carbocycles. The molecule has 1 radical (unpaired) electrons. The molecule has 0 aliphatic heterocycles. The number of hydrogen-bond donors (Lipinski definition) is 0. The first kappa shape index (κ1) is 39.9. The Kier molecular flexibility index (Phi) is 17.3. The topological polar surface area (TPSA) is 83.8 Å². The number of aromatic nitrogens is 1. The van der Waals surface area contributed by atoms with E-state index >= 15 is 0 Å². The summed E-state index contributed by atoms with van der Waals surface area (Å²) in [5.74, 6) is 0.260. The minimum Gasteiger partial charge on any atom is -0.489 e. The molecule has 1 heterocycles. The van der Waals surface area contributed by atoms with Crippen molar-refractivity contribution in [1.82, 2.24) is 3.97 Å². The van der Waals surface area contributed by atoms with E-state index in [1.165, 1.54) is 3.97 Å². The van der Waals surface area contributed by atoms with E-state index in [4.69, 9.17) is 14.1 Å². The maximum Gasteiger partial charge on any atom is 0.310 e. The molecule has 0 spiro atoms. The van der Waals surface area contributed by atoms with E-state index in [0.717, 1.165) is 26.5 Å². The second kappa shape index (κ2) is 19.4. The number of carbonyl (C=O) groups excluding carboxylic acids is 1. The summed E-state index contributed by atoms with van der Waals surface area (Å²) in [6.07, 6.45) is 1.67. The molecule has 0 bridgehead atoms. The van der Waals surface area contributed by atoms with Gasteiger partial charge in [0.1, 0.15) is 12.4 Å². The van der Waals surface area contributed by atoms with Crippen LogP contribution in [0.5, 0.6) is 5.75 Å². The molecular weight excluding hydrogens is 653 g/mol. The van der Waals surface area contributed by atoms with Crippen molar-refractivity contribution in [2.45, 2.75) is 92.7 Å². The quantitative estimate of drug-likeness (QED) is 0.128. The fourth-order valence-electron chi connectivity index (χ4n) is 4.02. The van der Waals surface area contributed by atoms with Crippen LogP contribution in [0.25, 0.3) is 10.9 Å². The highest BCUT2D eigenvalue weighted by Crippen LogP contribution is 2.30. The molecule has 245 valence electrons. The molecule has 4 rings (SSSR count).